The third kappa shape index (κ3) is 4.47. The van der Waals surface area contributed by atoms with Crippen molar-refractivity contribution in [3.8, 4) is 11.5 Å². The van der Waals surface area contributed by atoms with Crippen LogP contribution in [0.2, 0.25) is 0 Å². The van der Waals surface area contributed by atoms with E-state index in [9.17, 15) is 22.0 Å². The molecule has 5 rings (SSSR count). The number of imidazole rings is 1. The second-order valence-corrected chi connectivity index (χ2v) is 7.94. The Bertz CT molecular complexity index is 1260. The molecule has 0 aromatic carbocycles. The summed E-state index contributed by atoms with van der Waals surface area (Å²) in [6.07, 6.45) is 3.42. The molecule has 8 nitrogen and oxygen atoms in total. The number of hydrogen-bond donors (Lipinski definition) is 0. The molecule has 178 valence electrons. The molecule has 0 spiro atoms. The van der Waals surface area contributed by atoms with Gasteiger partial charge in [0.2, 0.25) is 0 Å². The summed E-state index contributed by atoms with van der Waals surface area (Å²) in [5, 5.41) is 0. The molecule has 3 aromatic rings. The lowest BCUT2D eigenvalue weighted by molar-refractivity contribution is -0.166. The maximum atomic E-state index is 13.1. The molecule has 2 unspecified atom stereocenters. The average Bonchev–Trinajstić information content (AvgIpc) is 3.48. The molecule has 0 saturated carbocycles. The molecule has 2 aliphatic heterocycles. The zero-order valence-electron chi connectivity index (χ0n) is 17.5. The highest BCUT2D eigenvalue weighted by atomic mass is 19.4. The Hall–Kier alpha value is -3.48. The highest BCUT2D eigenvalue weighted by Gasteiger charge is 2.34. The number of rotatable bonds is 5. The molecule has 0 amide bonds. The summed E-state index contributed by atoms with van der Waals surface area (Å²) >= 11 is 0. The monoisotopic (exact) mass is 479 g/mol. The normalized spacial score (nSPS) is 21.0. The molecule has 2 atom stereocenters. The van der Waals surface area contributed by atoms with Crippen molar-refractivity contribution in [1.29, 1.82) is 0 Å². The third-order valence-electron chi connectivity index (χ3n) is 5.73. The van der Waals surface area contributed by atoms with Gasteiger partial charge in [0.05, 0.1) is 25.0 Å². The Balaban J connectivity index is 1.48. The van der Waals surface area contributed by atoms with E-state index in [-0.39, 0.29) is 29.6 Å². The minimum atomic E-state index is -4.63. The summed E-state index contributed by atoms with van der Waals surface area (Å²) < 4.78 is 71.4. The molecule has 1 fully saturated rings. The van der Waals surface area contributed by atoms with Crippen molar-refractivity contribution in [1.82, 2.24) is 24.3 Å². The van der Waals surface area contributed by atoms with Gasteiger partial charge in [-0.3, -0.25) is 9.39 Å². The van der Waals surface area contributed by atoms with Gasteiger partial charge in [-0.05, 0) is 18.1 Å². The van der Waals surface area contributed by atoms with Crippen molar-refractivity contribution in [3.63, 3.8) is 0 Å². The van der Waals surface area contributed by atoms with E-state index >= 15 is 0 Å². The SMILES string of the molecule is FC(F)OC1CC(C2=CCN=C2)CN(c2ccnc(-c3cnc4cnc(C(F)(F)F)cn34)n2)C1. The summed E-state index contributed by atoms with van der Waals surface area (Å²) in [6, 6.07) is 1.62. The number of hydrogen-bond acceptors (Lipinski definition) is 7. The van der Waals surface area contributed by atoms with Crippen LogP contribution >= 0.6 is 0 Å². The molecule has 2 aliphatic rings. The van der Waals surface area contributed by atoms with E-state index in [2.05, 4.69) is 24.9 Å². The van der Waals surface area contributed by atoms with E-state index in [0.29, 0.717) is 25.3 Å². The Labute approximate surface area is 189 Å². The summed E-state index contributed by atoms with van der Waals surface area (Å²) in [7, 11) is 0. The van der Waals surface area contributed by atoms with Gasteiger partial charge in [-0.1, -0.05) is 6.08 Å². The predicted molar refractivity (Wildman–Crippen MR) is 112 cm³/mol. The number of fused-ring (bicyclic) bond motifs is 1. The van der Waals surface area contributed by atoms with Gasteiger partial charge in [0.1, 0.15) is 11.5 Å². The van der Waals surface area contributed by atoms with Crippen LogP contribution in [0.25, 0.3) is 17.2 Å². The van der Waals surface area contributed by atoms with E-state index in [1.54, 1.807) is 12.3 Å². The first-order valence-electron chi connectivity index (χ1n) is 10.4. The number of aromatic nitrogens is 5. The molecule has 5 heterocycles. The fraction of sp³-hybridized carbons (Fsp3) is 0.381. The molecule has 0 bridgehead atoms. The van der Waals surface area contributed by atoms with Gasteiger partial charge in [0, 0.05) is 37.6 Å². The first kappa shape index (κ1) is 22.3. The highest BCUT2D eigenvalue weighted by Crippen LogP contribution is 2.31. The first-order chi connectivity index (χ1) is 16.3. The van der Waals surface area contributed by atoms with E-state index in [0.717, 1.165) is 18.0 Å². The molecular weight excluding hydrogens is 461 g/mol. The Morgan fingerprint density at radius 1 is 1.09 bits per heavy atom. The number of anilines is 1. The molecule has 0 aliphatic carbocycles. The van der Waals surface area contributed by atoms with Gasteiger partial charge < -0.3 is 9.64 Å². The minimum Gasteiger partial charge on any atom is -0.353 e. The molecule has 0 N–H and O–H groups in total. The summed E-state index contributed by atoms with van der Waals surface area (Å²) in [6.45, 7) is -1.69. The van der Waals surface area contributed by atoms with E-state index in [1.165, 1.54) is 16.8 Å². The van der Waals surface area contributed by atoms with Crippen molar-refractivity contribution in [2.24, 2.45) is 10.9 Å². The number of piperidine rings is 1. The van der Waals surface area contributed by atoms with Gasteiger partial charge in [0.15, 0.2) is 17.2 Å². The van der Waals surface area contributed by atoms with Crippen LogP contribution in [0, 0.1) is 5.92 Å². The van der Waals surface area contributed by atoms with Crippen molar-refractivity contribution >= 4 is 17.7 Å². The Morgan fingerprint density at radius 3 is 2.68 bits per heavy atom. The number of alkyl halides is 5. The quantitative estimate of drug-likeness (QED) is 0.520. The zero-order valence-corrected chi connectivity index (χ0v) is 17.5. The molecule has 0 radical (unpaired) electrons. The summed E-state index contributed by atoms with van der Waals surface area (Å²) in [5.74, 6) is 0.492. The second-order valence-electron chi connectivity index (χ2n) is 7.94. The van der Waals surface area contributed by atoms with E-state index < -0.39 is 24.6 Å². The van der Waals surface area contributed by atoms with Crippen molar-refractivity contribution in [2.45, 2.75) is 25.3 Å². The fourth-order valence-corrected chi connectivity index (χ4v) is 4.22. The first-order valence-corrected chi connectivity index (χ1v) is 10.4. The number of aliphatic imine (C=N–C) groups is 1. The second kappa shape index (κ2) is 8.70. The smallest absolute Gasteiger partial charge is 0.353 e. The molecule has 34 heavy (non-hydrogen) atoms. The van der Waals surface area contributed by atoms with E-state index in [1.807, 2.05) is 11.0 Å². The van der Waals surface area contributed by atoms with Crippen LogP contribution in [-0.4, -0.2) is 62.9 Å². The maximum Gasteiger partial charge on any atom is 0.434 e. The molecule has 1 saturated heterocycles. The molecule has 3 aromatic heterocycles. The molecular formula is C21H18F5N7O. The highest BCUT2D eigenvalue weighted by molar-refractivity contribution is 5.81. The lowest BCUT2D eigenvalue weighted by Gasteiger charge is -2.38. The average molecular weight is 479 g/mol. The Kier molecular flexibility index (Phi) is 5.71. The minimum absolute atomic E-state index is 0.0848. The van der Waals surface area contributed by atoms with Gasteiger partial charge in [-0.2, -0.15) is 22.0 Å². The van der Waals surface area contributed by atoms with Crippen LogP contribution in [0.4, 0.5) is 27.8 Å². The lowest BCUT2D eigenvalue weighted by atomic mass is 9.89. The fourth-order valence-electron chi connectivity index (χ4n) is 4.22. The van der Waals surface area contributed by atoms with Crippen LogP contribution in [0.1, 0.15) is 12.1 Å². The van der Waals surface area contributed by atoms with Crippen LogP contribution in [0.3, 0.4) is 0 Å². The lowest BCUT2D eigenvalue weighted by Crippen LogP contribution is -2.46. The van der Waals surface area contributed by atoms with Crippen molar-refractivity contribution < 1.29 is 26.7 Å². The topological polar surface area (TPSA) is 80.8 Å². The van der Waals surface area contributed by atoms with Crippen LogP contribution in [-0.2, 0) is 10.9 Å². The van der Waals surface area contributed by atoms with Crippen LogP contribution in [0.15, 0.2) is 47.5 Å². The maximum absolute atomic E-state index is 13.1. The largest absolute Gasteiger partial charge is 0.434 e. The van der Waals surface area contributed by atoms with Crippen LogP contribution < -0.4 is 4.90 Å². The van der Waals surface area contributed by atoms with Gasteiger partial charge in [0.25, 0.3) is 0 Å². The number of halogens is 5. The predicted octanol–water partition coefficient (Wildman–Crippen LogP) is 3.65. The number of ether oxygens (including phenoxy) is 1. The van der Waals surface area contributed by atoms with Crippen LogP contribution in [0.5, 0.6) is 0 Å². The van der Waals surface area contributed by atoms with E-state index in [4.69, 9.17) is 4.74 Å². The standard InChI is InChI=1S/C21H18F5N7O/c22-20(23)34-14-5-13(12-1-3-27-6-12)9-32(10-14)17-2-4-28-19(31-17)15-7-30-18-8-29-16(11-33(15)18)21(24,25)26/h1-2,4,6-8,11,13-14,20H,3,5,9-10H2. The Morgan fingerprint density at radius 2 is 1.94 bits per heavy atom. The van der Waals surface area contributed by atoms with Gasteiger partial charge in [-0.15, -0.1) is 0 Å². The van der Waals surface area contributed by atoms with Gasteiger partial charge >= 0.3 is 12.8 Å². The third-order valence-corrected chi connectivity index (χ3v) is 5.73. The van der Waals surface area contributed by atoms with Gasteiger partial charge in [-0.25, -0.2) is 19.9 Å². The van der Waals surface area contributed by atoms with Crippen molar-refractivity contribution in [3.05, 3.63) is 48.2 Å². The molecule has 13 heteroatoms. The van der Waals surface area contributed by atoms with Crippen molar-refractivity contribution in [2.75, 3.05) is 24.5 Å². The number of nitrogens with zero attached hydrogens (tertiary/aromatic N) is 7. The summed E-state index contributed by atoms with van der Waals surface area (Å²) in [5.41, 5.74) is 0.320. The summed E-state index contributed by atoms with van der Waals surface area (Å²) in [4.78, 5) is 22.2. The zero-order chi connectivity index (χ0) is 23.9.